The van der Waals surface area contributed by atoms with Crippen LogP contribution in [-0.4, -0.2) is 25.4 Å². The summed E-state index contributed by atoms with van der Waals surface area (Å²) in [6, 6.07) is 8.16. The largest absolute Gasteiger partial charge is 0.376 e. The van der Waals surface area contributed by atoms with Gasteiger partial charge in [0.25, 0.3) is 5.91 Å². The summed E-state index contributed by atoms with van der Waals surface area (Å²) in [5, 5.41) is 2.80. The van der Waals surface area contributed by atoms with Gasteiger partial charge in [0.15, 0.2) is 10.9 Å². The van der Waals surface area contributed by atoms with Gasteiger partial charge in [-0.2, -0.15) is 13.4 Å². The van der Waals surface area contributed by atoms with Crippen LogP contribution in [-0.2, 0) is 19.7 Å². The van der Waals surface area contributed by atoms with Crippen LogP contribution < -0.4 is 9.50 Å². The van der Waals surface area contributed by atoms with Gasteiger partial charge in [-0.15, -0.1) is 0 Å². The Morgan fingerprint density at radius 3 is 2.30 bits per heavy atom. The third-order valence-electron chi connectivity index (χ3n) is 3.52. The molecule has 1 aliphatic rings. The van der Waals surface area contributed by atoms with Gasteiger partial charge in [0.1, 0.15) is 4.90 Å². The molecule has 2 amide bonds. The van der Waals surface area contributed by atoms with E-state index in [4.69, 9.17) is 39.0 Å². The normalized spacial score (nSPS) is 15.3. The number of carbonyl (C=O) groups is 2. The molecular weight excluding hydrogens is 495 g/mol. The molecule has 2 aromatic carbocycles. The molecule has 0 saturated carbocycles. The third-order valence-corrected chi connectivity index (χ3v) is 6.47. The van der Waals surface area contributed by atoms with Crippen LogP contribution in [0.25, 0.3) is 6.08 Å². The average Bonchev–Trinajstić information content (AvgIpc) is 2.97. The lowest BCUT2D eigenvalue weighted by Gasteiger charge is -2.11. The van der Waals surface area contributed by atoms with Crippen molar-refractivity contribution in [2.75, 3.05) is 0 Å². The molecule has 156 valence electrons. The first-order valence-corrected chi connectivity index (χ1v) is 11.4. The molecule has 3 rings (SSSR count). The smallest absolute Gasteiger partial charge is 0.339 e. The summed E-state index contributed by atoms with van der Waals surface area (Å²) in [5.41, 5.74) is 0.413. The molecule has 0 bridgehead atoms. The van der Waals surface area contributed by atoms with Crippen molar-refractivity contribution in [2.24, 2.45) is 4.99 Å². The van der Waals surface area contributed by atoms with E-state index in [1.54, 1.807) is 0 Å². The van der Waals surface area contributed by atoms with E-state index in [1.165, 1.54) is 49.4 Å². The average molecular weight is 506 g/mol. The van der Waals surface area contributed by atoms with Crippen LogP contribution in [0.3, 0.4) is 0 Å². The molecule has 1 heterocycles. The highest BCUT2D eigenvalue weighted by molar-refractivity contribution is 8.18. The third kappa shape index (κ3) is 5.35. The number of nitrogens with zero attached hydrogens (tertiary/aromatic N) is 1. The van der Waals surface area contributed by atoms with E-state index in [9.17, 15) is 18.0 Å². The maximum absolute atomic E-state index is 12.5. The van der Waals surface area contributed by atoms with Crippen molar-refractivity contribution >= 4 is 79.7 Å². The van der Waals surface area contributed by atoms with Crippen molar-refractivity contribution in [1.29, 1.82) is 0 Å². The zero-order valence-corrected chi connectivity index (χ0v) is 18.9. The highest BCUT2D eigenvalue weighted by atomic mass is 35.5. The molecule has 1 aliphatic heterocycles. The monoisotopic (exact) mass is 504 g/mol. The number of aliphatic imine (C=N–C) groups is 1. The van der Waals surface area contributed by atoms with Crippen LogP contribution in [0.2, 0.25) is 15.1 Å². The number of hydrogen-bond donors (Lipinski definition) is 1. The summed E-state index contributed by atoms with van der Waals surface area (Å²) in [5.74, 6) is -1.15. The van der Waals surface area contributed by atoms with Crippen molar-refractivity contribution < 1.29 is 22.2 Å². The summed E-state index contributed by atoms with van der Waals surface area (Å²) < 4.78 is 30.0. The van der Waals surface area contributed by atoms with Crippen molar-refractivity contribution in [3.8, 4) is 5.75 Å². The van der Waals surface area contributed by atoms with Crippen LogP contribution in [0.1, 0.15) is 12.5 Å². The molecule has 0 fully saturated rings. The number of benzene rings is 2. The van der Waals surface area contributed by atoms with Gasteiger partial charge in [0.2, 0.25) is 5.91 Å². The summed E-state index contributed by atoms with van der Waals surface area (Å²) >= 11 is 19.1. The van der Waals surface area contributed by atoms with Crippen LogP contribution >= 0.6 is 46.6 Å². The summed E-state index contributed by atoms with van der Waals surface area (Å²) in [7, 11) is -4.20. The molecular formula is C18H11Cl3N2O5S2. The number of nitrogens with one attached hydrogen (secondary N) is 1. The van der Waals surface area contributed by atoms with Crippen molar-refractivity contribution in [3.05, 3.63) is 61.9 Å². The minimum absolute atomic E-state index is 0.0784. The molecule has 30 heavy (non-hydrogen) atoms. The fraction of sp³-hybridized carbons (Fsp3) is 0.0556. The standard InChI is InChI=1S/C18H11Cl3N2O5S2/c1-9(24)22-18-23-17(25)15(29-18)8-10-6-13(20)16(14(21)7-10)28-30(26,27)12-4-2-11(19)3-5-12/h2-8H,1H3,(H,22,23,24,25)/b15-8+. The fourth-order valence-corrected chi connectivity index (χ4v) is 4.89. The lowest BCUT2D eigenvalue weighted by atomic mass is 10.2. The Bertz CT molecular complexity index is 1190. The van der Waals surface area contributed by atoms with E-state index in [1.807, 2.05) is 0 Å². The van der Waals surface area contributed by atoms with Crippen LogP contribution in [0, 0.1) is 0 Å². The van der Waals surface area contributed by atoms with Gasteiger partial charge in [-0.1, -0.05) is 34.8 Å². The second kappa shape index (κ2) is 8.99. The van der Waals surface area contributed by atoms with E-state index in [-0.39, 0.29) is 36.7 Å². The second-order valence-electron chi connectivity index (χ2n) is 5.82. The lowest BCUT2D eigenvalue weighted by Crippen LogP contribution is -2.23. The Morgan fingerprint density at radius 1 is 1.13 bits per heavy atom. The van der Waals surface area contributed by atoms with Gasteiger partial charge >= 0.3 is 10.1 Å². The van der Waals surface area contributed by atoms with Gasteiger partial charge in [-0.25, -0.2) is 0 Å². The Balaban J connectivity index is 1.85. The Kier molecular flexibility index (Phi) is 6.78. The highest BCUT2D eigenvalue weighted by Crippen LogP contribution is 2.38. The molecule has 0 spiro atoms. The first kappa shape index (κ1) is 22.6. The van der Waals surface area contributed by atoms with Gasteiger partial charge in [0.05, 0.1) is 15.0 Å². The van der Waals surface area contributed by atoms with E-state index in [2.05, 4.69) is 10.3 Å². The minimum Gasteiger partial charge on any atom is -0.376 e. The van der Waals surface area contributed by atoms with Gasteiger partial charge in [-0.05, 0) is 59.8 Å². The maximum Gasteiger partial charge on any atom is 0.339 e. The van der Waals surface area contributed by atoms with Crippen molar-refractivity contribution in [1.82, 2.24) is 5.32 Å². The Labute approximate surface area is 191 Å². The number of carbonyl (C=O) groups excluding carboxylic acids is 2. The predicted molar refractivity (Wildman–Crippen MR) is 118 cm³/mol. The Hall–Kier alpha value is -2.04. The fourth-order valence-electron chi connectivity index (χ4n) is 2.27. The number of thioether (sulfide) groups is 1. The molecule has 0 saturated heterocycles. The Morgan fingerprint density at radius 2 is 1.73 bits per heavy atom. The van der Waals surface area contributed by atoms with E-state index >= 15 is 0 Å². The number of rotatable bonds is 4. The van der Waals surface area contributed by atoms with Gasteiger partial charge in [-0.3, -0.25) is 9.59 Å². The summed E-state index contributed by atoms with van der Waals surface area (Å²) in [6.45, 7) is 1.30. The molecule has 2 aromatic rings. The molecule has 0 atom stereocenters. The van der Waals surface area contributed by atoms with Crippen molar-refractivity contribution in [2.45, 2.75) is 11.8 Å². The molecule has 0 aliphatic carbocycles. The summed E-state index contributed by atoms with van der Waals surface area (Å²) in [6.07, 6.45) is 1.46. The topological polar surface area (TPSA) is 102 Å². The molecule has 0 radical (unpaired) electrons. The molecule has 1 N–H and O–H groups in total. The highest BCUT2D eigenvalue weighted by Gasteiger charge is 2.24. The van der Waals surface area contributed by atoms with E-state index in [0.29, 0.717) is 10.6 Å². The predicted octanol–water partition coefficient (Wildman–Crippen LogP) is 4.52. The zero-order chi connectivity index (χ0) is 22.1. The van der Waals surface area contributed by atoms with E-state index < -0.39 is 16.0 Å². The zero-order valence-electron chi connectivity index (χ0n) is 15.0. The van der Waals surface area contributed by atoms with Gasteiger partial charge in [0, 0.05) is 11.9 Å². The maximum atomic E-state index is 12.5. The first-order valence-electron chi connectivity index (χ1n) is 8.04. The number of amidine groups is 1. The molecule has 7 nitrogen and oxygen atoms in total. The van der Waals surface area contributed by atoms with Crippen LogP contribution in [0.4, 0.5) is 0 Å². The van der Waals surface area contributed by atoms with Gasteiger partial charge < -0.3 is 9.50 Å². The first-order chi connectivity index (χ1) is 14.0. The van der Waals surface area contributed by atoms with Crippen LogP contribution in [0.15, 0.2) is 51.2 Å². The minimum atomic E-state index is -4.20. The second-order valence-corrected chi connectivity index (χ2v) is 9.65. The number of amides is 2. The molecule has 0 aromatic heterocycles. The quantitative estimate of drug-likeness (QED) is 0.484. The van der Waals surface area contributed by atoms with Crippen molar-refractivity contribution in [3.63, 3.8) is 0 Å². The number of hydrogen-bond acceptors (Lipinski definition) is 6. The van der Waals surface area contributed by atoms with Crippen LogP contribution in [0.5, 0.6) is 5.75 Å². The lowest BCUT2D eigenvalue weighted by molar-refractivity contribution is -0.117. The number of halogens is 3. The van der Waals surface area contributed by atoms with E-state index in [0.717, 1.165) is 11.8 Å². The molecule has 0 unspecified atom stereocenters. The SMILES string of the molecule is CC(=O)NC1=NC(=O)/C(=C\c2cc(Cl)c(OS(=O)(=O)c3ccc(Cl)cc3)c(Cl)c2)S1. The molecule has 12 heteroatoms. The summed E-state index contributed by atoms with van der Waals surface area (Å²) in [4.78, 5) is 26.9.